The summed E-state index contributed by atoms with van der Waals surface area (Å²) in [5.74, 6) is -0.0855. The number of rotatable bonds is 3. The maximum absolute atomic E-state index is 12.7. The van der Waals surface area contributed by atoms with Gasteiger partial charge in [0, 0.05) is 32.2 Å². The van der Waals surface area contributed by atoms with Crippen LogP contribution in [-0.4, -0.2) is 41.9 Å². The van der Waals surface area contributed by atoms with Crippen LogP contribution in [-0.2, 0) is 0 Å². The summed E-state index contributed by atoms with van der Waals surface area (Å²) < 4.78 is 0. The van der Waals surface area contributed by atoms with Crippen molar-refractivity contribution in [2.45, 2.75) is 13.0 Å². The molecule has 24 heavy (non-hydrogen) atoms. The average Bonchev–Trinajstić information content (AvgIpc) is 2.62. The van der Waals surface area contributed by atoms with Gasteiger partial charge < -0.3 is 4.90 Å². The highest BCUT2D eigenvalue weighted by molar-refractivity contribution is 6.39. The molecule has 1 heterocycles. The molecule has 0 unspecified atom stereocenters. The number of hydrogen-bond donors (Lipinski definition) is 0. The molecule has 0 saturated carbocycles. The van der Waals surface area contributed by atoms with Crippen LogP contribution in [0.5, 0.6) is 0 Å². The van der Waals surface area contributed by atoms with E-state index in [9.17, 15) is 4.79 Å². The second-order valence-corrected chi connectivity index (χ2v) is 6.83. The van der Waals surface area contributed by atoms with Crippen molar-refractivity contribution < 1.29 is 4.79 Å². The van der Waals surface area contributed by atoms with Gasteiger partial charge in [0.15, 0.2) is 0 Å². The summed E-state index contributed by atoms with van der Waals surface area (Å²) in [5, 5.41) is 0.820. The number of hydrogen-bond acceptors (Lipinski definition) is 2. The molecule has 2 aromatic carbocycles. The summed E-state index contributed by atoms with van der Waals surface area (Å²) in [6, 6.07) is 15.9. The van der Waals surface area contributed by atoms with E-state index in [4.69, 9.17) is 23.2 Å². The van der Waals surface area contributed by atoms with Crippen LogP contribution >= 0.6 is 23.2 Å². The van der Waals surface area contributed by atoms with Gasteiger partial charge in [-0.15, -0.1) is 0 Å². The highest BCUT2D eigenvalue weighted by Gasteiger charge is 2.27. The molecule has 1 atom stereocenters. The molecule has 1 fully saturated rings. The Bertz CT molecular complexity index is 692. The number of carbonyl (C=O) groups excluding carboxylic acids is 1. The normalized spacial score (nSPS) is 16.9. The Morgan fingerprint density at radius 1 is 0.917 bits per heavy atom. The lowest BCUT2D eigenvalue weighted by molar-refractivity contribution is 0.0582. The number of piperazine rings is 1. The lowest BCUT2D eigenvalue weighted by atomic mass is 10.1. The predicted molar refractivity (Wildman–Crippen MR) is 98.8 cm³/mol. The Hall–Kier alpha value is -1.55. The van der Waals surface area contributed by atoms with Crippen molar-refractivity contribution in [1.82, 2.24) is 9.80 Å². The minimum atomic E-state index is -0.0855. The molecule has 3 nitrogen and oxygen atoms in total. The van der Waals surface area contributed by atoms with Crippen molar-refractivity contribution in [1.29, 1.82) is 0 Å². The molecule has 0 aromatic heterocycles. The second-order valence-electron chi connectivity index (χ2n) is 6.01. The third kappa shape index (κ3) is 3.59. The smallest absolute Gasteiger partial charge is 0.256 e. The van der Waals surface area contributed by atoms with Crippen molar-refractivity contribution >= 4 is 29.1 Å². The fourth-order valence-electron chi connectivity index (χ4n) is 3.11. The zero-order valence-corrected chi connectivity index (χ0v) is 15.1. The topological polar surface area (TPSA) is 23.6 Å². The first-order valence-corrected chi connectivity index (χ1v) is 8.86. The van der Waals surface area contributed by atoms with Gasteiger partial charge in [-0.3, -0.25) is 9.69 Å². The van der Waals surface area contributed by atoms with Crippen LogP contribution in [0, 0.1) is 0 Å². The maximum atomic E-state index is 12.7. The van der Waals surface area contributed by atoms with Crippen molar-refractivity contribution in [3.8, 4) is 0 Å². The van der Waals surface area contributed by atoms with Crippen molar-refractivity contribution in [2.75, 3.05) is 26.2 Å². The van der Waals surface area contributed by atoms with E-state index < -0.39 is 0 Å². The van der Waals surface area contributed by atoms with Crippen LogP contribution in [0.3, 0.4) is 0 Å². The van der Waals surface area contributed by atoms with E-state index in [1.165, 1.54) is 5.56 Å². The Labute approximate surface area is 152 Å². The van der Waals surface area contributed by atoms with Gasteiger partial charge in [0.2, 0.25) is 0 Å². The molecule has 0 radical (unpaired) electrons. The molecule has 5 heteroatoms. The Morgan fingerprint density at radius 3 is 2.08 bits per heavy atom. The first kappa shape index (κ1) is 17.3. The predicted octanol–water partition coefficient (Wildman–Crippen LogP) is 4.51. The third-order valence-corrected chi connectivity index (χ3v) is 5.24. The highest BCUT2D eigenvalue weighted by Crippen LogP contribution is 2.27. The minimum absolute atomic E-state index is 0.0855. The standard InChI is InChI=1S/C19H20Cl2N2O/c1-14(15-6-3-2-4-7-15)22-10-12-23(13-11-22)19(24)18-16(20)8-5-9-17(18)21/h2-9,14H,10-13H2,1H3/t14-/m1/s1. The number of halogens is 2. The van der Waals surface area contributed by atoms with Crippen LogP contribution in [0.15, 0.2) is 48.5 Å². The van der Waals surface area contributed by atoms with Crippen molar-refractivity contribution in [3.05, 3.63) is 69.7 Å². The summed E-state index contributed by atoms with van der Waals surface area (Å²) in [5.41, 5.74) is 1.71. The molecule has 1 aliphatic heterocycles. The lowest BCUT2D eigenvalue weighted by Crippen LogP contribution is -2.49. The molecular weight excluding hydrogens is 343 g/mol. The van der Waals surface area contributed by atoms with E-state index in [2.05, 4.69) is 36.1 Å². The van der Waals surface area contributed by atoms with E-state index in [1.807, 2.05) is 11.0 Å². The molecule has 2 aromatic rings. The Balaban J connectivity index is 1.66. The molecule has 0 spiro atoms. The summed E-state index contributed by atoms with van der Waals surface area (Å²) >= 11 is 12.3. The zero-order chi connectivity index (χ0) is 17.1. The van der Waals surface area contributed by atoms with E-state index in [1.54, 1.807) is 18.2 Å². The Morgan fingerprint density at radius 2 is 1.50 bits per heavy atom. The molecule has 0 bridgehead atoms. The number of carbonyl (C=O) groups is 1. The fraction of sp³-hybridized carbons (Fsp3) is 0.316. The van der Waals surface area contributed by atoms with Crippen LogP contribution in [0.2, 0.25) is 10.0 Å². The summed E-state index contributed by atoms with van der Waals surface area (Å²) in [6.07, 6.45) is 0. The molecule has 0 aliphatic carbocycles. The van der Waals surface area contributed by atoms with Crippen LogP contribution in [0.1, 0.15) is 28.9 Å². The molecular formula is C19H20Cl2N2O. The van der Waals surface area contributed by atoms with E-state index >= 15 is 0 Å². The van der Waals surface area contributed by atoms with Gasteiger partial charge >= 0.3 is 0 Å². The fourth-order valence-corrected chi connectivity index (χ4v) is 3.67. The van der Waals surface area contributed by atoms with Crippen LogP contribution < -0.4 is 0 Å². The first-order chi connectivity index (χ1) is 11.6. The maximum Gasteiger partial charge on any atom is 0.256 e. The molecule has 1 amide bonds. The third-order valence-electron chi connectivity index (χ3n) is 4.61. The van der Waals surface area contributed by atoms with Crippen molar-refractivity contribution in [3.63, 3.8) is 0 Å². The van der Waals surface area contributed by atoms with Crippen LogP contribution in [0.25, 0.3) is 0 Å². The SMILES string of the molecule is C[C@H](c1ccccc1)N1CCN(C(=O)c2c(Cl)cccc2Cl)CC1. The van der Waals surface area contributed by atoms with E-state index in [0.717, 1.165) is 13.1 Å². The number of benzene rings is 2. The monoisotopic (exact) mass is 362 g/mol. The zero-order valence-electron chi connectivity index (χ0n) is 13.6. The average molecular weight is 363 g/mol. The van der Waals surface area contributed by atoms with Gasteiger partial charge in [0.25, 0.3) is 5.91 Å². The molecule has 126 valence electrons. The summed E-state index contributed by atoms with van der Waals surface area (Å²) in [6.45, 7) is 5.24. The molecule has 1 aliphatic rings. The second kappa shape index (κ2) is 7.56. The minimum Gasteiger partial charge on any atom is -0.336 e. The summed E-state index contributed by atoms with van der Waals surface area (Å²) in [4.78, 5) is 17.0. The molecule has 3 rings (SSSR count). The van der Waals surface area contributed by atoms with Crippen LogP contribution in [0.4, 0.5) is 0 Å². The highest BCUT2D eigenvalue weighted by atomic mass is 35.5. The van der Waals surface area contributed by atoms with E-state index in [0.29, 0.717) is 34.7 Å². The van der Waals surface area contributed by atoms with Gasteiger partial charge in [-0.25, -0.2) is 0 Å². The van der Waals surface area contributed by atoms with E-state index in [-0.39, 0.29) is 5.91 Å². The van der Waals surface area contributed by atoms with Gasteiger partial charge in [0.1, 0.15) is 0 Å². The number of amides is 1. The summed E-state index contributed by atoms with van der Waals surface area (Å²) in [7, 11) is 0. The number of nitrogens with zero attached hydrogens (tertiary/aromatic N) is 2. The largest absolute Gasteiger partial charge is 0.336 e. The Kier molecular flexibility index (Phi) is 5.44. The molecule has 1 saturated heterocycles. The van der Waals surface area contributed by atoms with Gasteiger partial charge in [-0.05, 0) is 24.6 Å². The lowest BCUT2D eigenvalue weighted by Gasteiger charge is -2.38. The first-order valence-electron chi connectivity index (χ1n) is 8.10. The molecule has 0 N–H and O–H groups in total. The van der Waals surface area contributed by atoms with Gasteiger partial charge in [-0.2, -0.15) is 0 Å². The quantitative estimate of drug-likeness (QED) is 0.801. The van der Waals surface area contributed by atoms with Gasteiger partial charge in [0.05, 0.1) is 15.6 Å². The van der Waals surface area contributed by atoms with Gasteiger partial charge in [-0.1, -0.05) is 59.6 Å². The van der Waals surface area contributed by atoms with Crippen molar-refractivity contribution in [2.24, 2.45) is 0 Å².